The molecule has 1 aromatic heterocycles. The first-order valence-corrected chi connectivity index (χ1v) is 5.07. The summed E-state index contributed by atoms with van der Waals surface area (Å²) in [6.07, 6.45) is 2.51. The number of aryl methyl sites for hydroxylation is 1. The topological polar surface area (TPSA) is 16.1 Å². The van der Waals surface area contributed by atoms with Crippen LogP contribution in [0.15, 0.2) is 18.3 Å². The molecule has 1 saturated heterocycles. The van der Waals surface area contributed by atoms with E-state index in [0.29, 0.717) is 12.8 Å². The fourth-order valence-corrected chi connectivity index (χ4v) is 1.72. The van der Waals surface area contributed by atoms with Crippen molar-refractivity contribution in [3.05, 3.63) is 23.9 Å². The van der Waals surface area contributed by atoms with Crippen LogP contribution < -0.4 is 4.90 Å². The zero-order valence-electron chi connectivity index (χ0n) is 8.41. The molecule has 0 spiro atoms. The van der Waals surface area contributed by atoms with Gasteiger partial charge in [0.25, 0.3) is 0 Å². The fraction of sp³-hybridized carbons (Fsp3) is 0.545. The predicted octanol–water partition coefficient (Wildman–Crippen LogP) is 2.33. The number of hydrogen-bond acceptors (Lipinski definition) is 2. The maximum Gasteiger partial charge on any atom is 0.128 e. The van der Waals surface area contributed by atoms with Crippen LogP contribution in [0.1, 0.15) is 18.4 Å². The van der Waals surface area contributed by atoms with Gasteiger partial charge in [-0.25, -0.2) is 9.37 Å². The van der Waals surface area contributed by atoms with E-state index in [0.717, 1.165) is 24.5 Å². The van der Waals surface area contributed by atoms with Gasteiger partial charge in [0.05, 0.1) is 0 Å². The number of alkyl halides is 1. The highest BCUT2D eigenvalue weighted by molar-refractivity contribution is 5.39. The highest BCUT2D eigenvalue weighted by Crippen LogP contribution is 2.19. The van der Waals surface area contributed by atoms with E-state index < -0.39 is 6.17 Å². The zero-order valence-corrected chi connectivity index (χ0v) is 8.41. The number of nitrogens with zero attached hydrogens (tertiary/aromatic N) is 2. The first kappa shape index (κ1) is 9.44. The highest BCUT2D eigenvalue weighted by Gasteiger charge is 2.18. The number of aromatic nitrogens is 1. The summed E-state index contributed by atoms with van der Waals surface area (Å²) in [6.45, 7) is 3.60. The lowest BCUT2D eigenvalue weighted by molar-refractivity contribution is 0.276. The zero-order chi connectivity index (χ0) is 9.97. The van der Waals surface area contributed by atoms with Gasteiger partial charge in [-0.3, -0.25) is 0 Å². The minimum atomic E-state index is -0.614. The van der Waals surface area contributed by atoms with Gasteiger partial charge >= 0.3 is 0 Å². The normalized spacial score (nSPS) is 18.6. The second-order valence-electron chi connectivity index (χ2n) is 3.86. The number of hydrogen-bond donors (Lipinski definition) is 0. The molecular formula is C11H15FN2. The number of halogens is 1. The van der Waals surface area contributed by atoms with Crippen LogP contribution >= 0.6 is 0 Å². The molecule has 0 saturated carbocycles. The molecule has 1 aromatic rings. The number of piperidine rings is 1. The molecule has 0 N–H and O–H groups in total. The average Bonchev–Trinajstić information content (AvgIpc) is 2.21. The van der Waals surface area contributed by atoms with Crippen LogP contribution in [0.2, 0.25) is 0 Å². The lowest BCUT2D eigenvalue weighted by Crippen LogP contribution is -2.34. The van der Waals surface area contributed by atoms with Gasteiger partial charge in [0.1, 0.15) is 12.0 Å². The lowest BCUT2D eigenvalue weighted by Gasteiger charge is -2.29. The molecule has 1 aliphatic heterocycles. The number of rotatable bonds is 1. The average molecular weight is 194 g/mol. The third-order valence-electron chi connectivity index (χ3n) is 2.64. The summed E-state index contributed by atoms with van der Waals surface area (Å²) in [7, 11) is 0. The standard InChI is InChI=1S/C11H15FN2/c1-9-2-3-11(13-8-9)14-6-4-10(12)5-7-14/h2-3,8,10H,4-7H2,1H3. The van der Waals surface area contributed by atoms with Gasteiger partial charge in [0.15, 0.2) is 0 Å². The van der Waals surface area contributed by atoms with Crippen molar-refractivity contribution in [1.29, 1.82) is 0 Å². The van der Waals surface area contributed by atoms with E-state index in [1.165, 1.54) is 0 Å². The molecule has 2 heterocycles. The van der Waals surface area contributed by atoms with Gasteiger partial charge < -0.3 is 4.90 Å². The minimum absolute atomic E-state index is 0.614. The van der Waals surface area contributed by atoms with Gasteiger partial charge in [0, 0.05) is 19.3 Å². The fourth-order valence-electron chi connectivity index (χ4n) is 1.72. The Morgan fingerprint density at radius 2 is 2.07 bits per heavy atom. The van der Waals surface area contributed by atoms with Crippen molar-refractivity contribution in [2.24, 2.45) is 0 Å². The molecule has 3 heteroatoms. The summed E-state index contributed by atoms with van der Waals surface area (Å²) in [4.78, 5) is 6.48. The van der Waals surface area contributed by atoms with Gasteiger partial charge in [-0.15, -0.1) is 0 Å². The molecule has 76 valence electrons. The van der Waals surface area contributed by atoms with Crippen LogP contribution in [0.25, 0.3) is 0 Å². The van der Waals surface area contributed by atoms with E-state index in [1.54, 1.807) is 0 Å². The molecule has 14 heavy (non-hydrogen) atoms. The first-order chi connectivity index (χ1) is 6.75. The number of anilines is 1. The van der Waals surface area contributed by atoms with Crippen molar-refractivity contribution in [3.63, 3.8) is 0 Å². The minimum Gasteiger partial charge on any atom is -0.356 e. The Morgan fingerprint density at radius 3 is 2.64 bits per heavy atom. The largest absolute Gasteiger partial charge is 0.356 e. The first-order valence-electron chi connectivity index (χ1n) is 5.07. The van der Waals surface area contributed by atoms with Crippen molar-refractivity contribution in [2.45, 2.75) is 25.9 Å². The monoisotopic (exact) mass is 194 g/mol. The van der Waals surface area contributed by atoms with Crippen LogP contribution in [0.4, 0.5) is 10.2 Å². The highest BCUT2D eigenvalue weighted by atomic mass is 19.1. The summed E-state index contributed by atoms with van der Waals surface area (Å²) >= 11 is 0. The SMILES string of the molecule is Cc1ccc(N2CCC(F)CC2)nc1. The molecule has 0 aliphatic carbocycles. The Balaban J connectivity index is 2.05. The van der Waals surface area contributed by atoms with E-state index in [9.17, 15) is 4.39 Å². The molecule has 0 unspecified atom stereocenters. The molecule has 0 radical (unpaired) electrons. The predicted molar refractivity (Wildman–Crippen MR) is 55.3 cm³/mol. The van der Waals surface area contributed by atoms with E-state index in [-0.39, 0.29) is 0 Å². The van der Waals surface area contributed by atoms with E-state index >= 15 is 0 Å². The van der Waals surface area contributed by atoms with Crippen LogP contribution in [0, 0.1) is 6.92 Å². The van der Waals surface area contributed by atoms with Gasteiger partial charge in [-0.1, -0.05) is 6.07 Å². The Bertz CT molecular complexity index is 289. The van der Waals surface area contributed by atoms with E-state index in [2.05, 4.69) is 9.88 Å². The molecule has 0 aromatic carbocycles. The molecule has 2 rings (SSSR count). The quantitative estimate of drug-likeness (QED) is 0.682. The summed E-state index contributed by atoms with van der Waals surface area (Å²) in [6, 6.07) is 4.05. The van der Waals surface area contributed by atoms with Crippen molar-refractivity contribution in [2.75, 3.05) is 18.0 Å². The van der Waals surface area contributed by atoms with Crippen LogP contribution in [-0.4, -0.2) is 24.2 Å². The van der Waals surface area contributed by atoms with Crippen LogP contribution in [0.3, 0.4) is 0 Å². The lowest BCUT2D eigenvalue weighted by atomic mass is 10.1. The molecule has 0 bridgehead atoms. The van der Waals surface area contributed by atoms with E-state index in [4.69, 9.17) is 0 Å². The summed E-state index contributed by atoms with van der Waals surface area (Å²) < 4.78 is 12.9. The summed E-state index contributed by atoms with van der Waals surface area (Å²) in [5.74, 6) is 0.975. The third kappa shape index (κ3) is 2.03. The second kappa shape index (κ2) is 3.95. The molecule has 2 nitrogen and oxygen atoms in total. The van der Waals surface area contributed by atoms with Crippen molar-refractivity contribution in [3.8, 4) is 0 Å². The molecular weight excluding hydrogens is 179 g/mol. The smallest absolute Gasteiger partial charge is 0.128 e. The molecule has 0 amide bonds. The molecule has 1 aliphatic rings. The van der Waals surface area contributed by atoms with Gasteiger partial charge in [0.2, 0.25) is 0 Å². The third-order valence-corrected chi connectivity index (χ3v) is 2.64. The Hall–Kier alpha value is -1.12. The maximum atomic E-state index is 12.9. The Morgan fingerprint density at radius 1 is 1.36 bits per heavy atom. The Labute approximate surface area is 83.8 Å². The molecule has 0 atom stereocenters. The van der Waals surface area contributed by atoms with Crippen molar-refractivity contribution < 1.29 is 4.39 Å². The van der Waals surface area contributed by atoms with E-state index in [1.807, 2.05) is 25.3 Å². The van der Waals surface area contributed by atoms with Crippen LogP contribution in [0.5, 0.6) is 0 Å². The van der Waals surface area contributed by atoms with Crippen LogP contribution in [-0.2, 0) is 0 Å². The second-order valence-corrected chi connectivity index (χ2v) is 3.86. The van der Waals surface area contributed by atoms with Crippen molar-refractivity contribution in [1.82, 2.24) is 4.98 Å². The maximum absolute atomic E-state index is 12.9. The Kier molecular flexibility index (Phi) is 2.66. The van der Waals surface area contributed by atoms with Gasteiger partial charge in [-0.05, 0) is 31.4 Å². The van der Waals surface area contributed by atoms with Crippen molar-refractivity contribution >= 4 is 5.82 Å². The molecule has 1 fully saturated rings. The summed E-state index contributed by atoms with van der Waals surface area (Å²) in [5.41, 5.74) is 1.16. The summed E-state index contributed by atoms with van der Waals surface area (Å²) in [5, 5.41) is 0. The van der Waals surface area contributed by atoms with Gasteiger partial charge in [-0.2, -0.15) is 0 Å². The number of pyridine rings is 1.